The fourth-order valence-corrected chi connectivity index (χ4v) is 3.46. The van der Waals surface area contributed by atoms with E-state index < -0.39 is 0 Å². The van der Waals surface area contributed by atoms with Crippen LogP contribution in [0.2, 0.25) is 0 Å². The normalized spacial score (nSPS) is 13.7. The molecule has 4 heteroatoms. The molecule has 0 saturated heterocycles. The molecule has 0 spiro atoms. The van der Waals surface area contributed by atoms with Crippen LogP contribution in [-0.4, -0.2) is 12.3 Å². The predicted octanol–water partition coefficient (Wildman–Crippen LogP) is 3.25. The van der Waals surface area contributed by atoms with Crippen molar-refractivity contribution >= 4 is 23.1 Å². The minimum atomic E-state index is 0.746. The Hall–Kier alpha value is -2.12. The highest BCUT2D eigenvalue weighted by Crippen LogP contribution is 2.36. The number of nitrogen functional groups attached to an aromatic ring is 1. The molecule has 1 aliphatic rings. The molecule has 0 radical (unpaired) electrons. The lowest BCUT2D eigenvalue weighted by molar-refractivity contribution is 0.816. The molecular weight excluding hydrogens is 266 g/mol. The third kappa shape index (κ3) is 2.45. The second-order valence-electron chi connectivity index (χ2n) is 4.77. The molecule has 0 fully saturated rings. The Kier molecular flexibility index (Phi) is 3.53. The lowest BCUT2D eigenvalue weighted by atomic mass is 10.1. The van der Waals surface area contributed by atoms with E-state index in [9.17, 15) is 5.26 Å². The summed E-state index contributed by atoms with van der Waals surface area (Å²) in [6, 6.07) is 16.1. The molecule has 2 N–H and O–H groups in total. The number of anilines is 2. The summed E-state index contributed by atoms with van der Waals surface area (Å²) >= 11 is 1.86. The maximum Gasteiger partial charge on any atom is 0.0995 e. The Morgan fingerprint density at radius 3 is 2.95 bits per heavy atom. The summed E-state index contributed by atoms with van der Waals surface area (Å²) in [5.74, 6) is 1.06. The van der Waals surface area contributed by atoms with Crippen molar-refractivity contribution in [3.63, 3.8) is 0 Å². The average molecular weight is 281 g/mol. The fraction of sp³-hybridized carbons (Fsp3) is 0.188. The maximum absolute atomic E-state index is 9.19. The molecule has 100 valence electrons. The lowest BCUT2D eigenvalue weighted by Gasteiger charge is -2.31. The van der Waals surface area contributed by atoms with Crippen molar-refractivity contribution in [2.75, 3.05) is 22.9 Å². The van der Waals surface area contributed by atoms with Crippen LogP contribution in [0, 0.1) is 11.3 Å². The smallest absolute Gasteiger partial charge is 0.0995 e. The van der Waals surface area contributed by atoms with E-state index in [1.807, 2.05) is 48.2 Å². The van der Waals surface area contributed by atoms with Crippen molar-refractivity contribution in [3.05, 3.63) is 53.6 Å². The summed E-state index contributed by atoms with van der Waals surface area (Å²) in [6.07, 6.45) is 0. The van der Waals surface area contributed by atoms with Crippen LogP contribution in [0.25, 0.3) is 0 Å². The Morgan fingerprint density at radius 1 is 1.25 bits per heavy atom. The van der Waals surface area contributed by atoms with E-state index in [1.54, 1.807) is 0 Å². The van der Waals surface area contributed by atoms with E-state index in [0.29, 0.717) is 0 Å². The van der Waals surface area contributed by atoms with E-state index in [4.69, 9.17) is 5.73 Å². The number of hydrogen-bond donors (Lipinski definition) is 1. The largest absolute Gasteiger partial charge is 0.399 e. The zero-order chi connectivity index (χ0) is 13.9. The molecule has 1 heterocycles. The van der Waals surface area contributed by atoms with Gasteiger partial charge in [0.1, 0.15) is 0 Å². The minimum Gasteiger partial charge on any atom is -0.399 e. The number of benzene rings is 2. The molecule has 0 bridgehead atoms. The van der Waals surface area contributed by atoms with Gasteiger partial charge < -0.3 is 10.6 Å². The van der Waals surface area contributed by atoms with Crippen LogP contribution in [0.5, 0.6) is 0 Å². The van der Waals surface area contributed by atoms with Gasteiger partial charge in [-0.15, -0.1) is 11.8 Å². The van der Waals surface area contributed by atoms with Gasteiger partial charge in [0.15, 0.2) is 0 Å². The van der Waals surface area contributed by atoms with Crippen LogP contribution in [0.3, 0.4) is 0 Å². The van der Waals surface area contributed by atoms with Gasteiger partial charge in [-0.2, -0.15) is 5.26 Å². The number of nitrogens with two attached hydrogens (primary N) is 1. The molecule has 0 aromatic heterocycles. The summed E-state index contributed by atoms with van der Waals surface area (Å²) in [5.41, 5.74) is 9.67. The van der Waals surface area contributed by atoms with E-state index in [1.165, 1.54) is 10.6 Å². The van der Waals surface area contributed by atoms with E-state index >= 15 is 0 Å². The van der Waals surface area contributed by atoms with Gasteiger partial charge in [-0.25, -0.2) is 0 Å². The van der Waals surface area contributed by atoms with Crippen LogP contribution < -0.4 is 10.6 Å². The predicted molar refractivity (Wildman–Crippen MR) is 83.8 cm³/mol. The molecule has 1 aliphatic heterocycles. The Labute approximate surface area is 123 Å². The number of thioether (sulfide) groups is 1. The van der Waals surface area contributed by atoms with Crippen molar-refractivity contribution in [3.8, 4) is 6.07 Å². The van der Waals surface area contributed by atoms with Crippen LogP contribution in [0.1, 0.15) is 11.1 Å². The Bertz CT molecular complexity index is 676. The first kappa shape index (κ1) is 12.9. The molecule has 20 heavy (non-hydrogen) atoms. The molecule has 0 atom stereocenters. The van der Waals surface area contributed by atoms with Gasteiger partial charge in [-0.3, -0.25) is 0 Å². The van der Waals surface area contributed by atoms with Gasteiger partial charge in [-0.1, -0.05) is 18.2 Å². The van der Waals surface area contributed by atoms with E-state index in [2.05, 4.69) is 17.0 Å². The number of rotatable bonds is 2. The summed E-state index contributed by atoms with van der Waals surface area (Å²) in [7, 11) is 0. The summed E-state index contributed by atoms with van der Waals surface area (Å²) < 4.78 is 0. The lowest BCUT2D eigenvalue weighted by Crippen LogP contribution is -2.29. The van der Waals surface area contributed by atoms with Crippen molar-refractivity contribution in [2.24, 2.45) is 0 Å². The van der Waals surface area contributed by atoms with Crippen molar-refractivity contribution in [2.45, 2.75) is 11.4 Å². The van der Waals surface area contributed by atoms with Crippen molar-refractivity contribution in [1.29, 1.82) is 5.26 Å². The first-order chi connectivity index (χ1) is 9.78. The molecule has 2 aromatic carbocycles. The Morgan fingerprint density at radius 2 is 2.10 bits per heavy atom. The van der Waals surface area contributed by atoms with E-state index in [0.717, 1.165) is 35.7 Å². The number of fused-ring (bicyclic) bond motifs is 1. The highest BCUT2D eigenvalue weighted by Gasteiger charge is 2.18. The molecular formula is C16H15N3S. The van der Waals surface area contributed by atoms with Gasteiger partial charge in [0.05, 0.1) is 17.3 Å². The van der Waals surface area contributed by atoms with E-state index in [-0.39, 0.29) is 0 Å². The standard InChI is InChI=1S/C16H15N3S/c17-10-12-3-1-2-4-13(12)11-19-7-8-20-16-6-5-14(18)9-15(16)19/h1-6,9H,7-8,11,18H2. The van der Waals surface area contributed by atoms with Crippen LogP contribution >= 0.6 is 11.8 Å². The summed E-state index contributed by atoms with van der Waals surface area (Å²) in [4.78, 5) is 3.57. The van der Waals surface area contributed by atoms with Gasteiger partial charge in [-0.05, 0) is 29.8 Å². The fourth-order valence-electron chi connectivity index (χ4n) is 2.43. The highest BCUT2D eigenvalue weighted by atomic mass is 32.2. The SMILES string of the molecule is N#Cc1ccccc1CN1CCSc2ccc(N)cc21. The third-order valence-electron chi connectivity index (χ3n) is 3.44. The average Bonchev–Trinajstić information content (AvgIpc) is 2.48. The zero-order valence-corrected chi connectivity index (χ0v) is 11.9. The molecule has 0 unspecified atom stereocenters. The maximum atomic E-state index is 9.19. The second-order valence-corrected chi connectivity index (χ2v) is 5.90. The van der Waals surface area contributed by atoms with Crippen LogP contribution in [-0.2, 0) is 6.54 Å². The number of nitriles is 1. The molecule has 0 amide bonds. The quantitative estimate of drug-likeness (QED) is 0.859. The summed E-state index contributed by atoms with van der Waals surface area (Å²) in [6.45, 7) is 1.72. The molecule has 0 aliphatic carbocycles. The van der Waals surface area contributed by atoms with Gasteiger partial charge in [0.25, 0.3) is 0 Å². The van der Waals surface area contributed by atoms with Gasteiger partial charge in [0, 0.05) is 29.4 Å². The number of nitrogens with zero attached hydrogens (tertiary/aromatic N) is 2. The van der Waals surface area contributed by atoms with Crippen LogP contribution in [0.15, 0.2) is 47.4 Å². The first-order valence-electron chi connectivity index (χ1n) is 6.53. The number of hydrogen-bond acceptors (Lipinski definition) is 4. The summed E-state index contributed by atoms with van der Waals surface area (Å²) in [5, 5.41) is 9.19. The monoisotopic (exact) mass is 281 g/mol. The zero-order valence-electron chi connectivity index (χ0n) is 11.0. The second kappa shape index (κ2) is 5.48. The molecule has 0 saturated carbocycles. The molecule has 2 aromatic rings. The van der Waals surface area contributed by atoms with Crippen LogP contribution in [0.4, 0.5) is 11.4 Å². The topological polar surface area (TPSA) is 53.0 Å². The van der Waals surface area contributed by atoms with Crippen molar-refractivity contribution in [1.82, 2.24) is 0 Å². The Balaban J connectivity index is 1.94. The first-order valence-corrected chi connectivity index (χ1v) is 7.52. The highest BCUT2D eigenvalue weighted by molar-refractivity contribution is 7.99. The minimum absolute atomic E-state index is 0.746. The van der Waals surface area contributed by atoms with Crippen molar-refractivity contribution < 1.29 is 0 Å². The third-order valence-corrected chi connectivity index (χ3v) is 4.48. The molecule has 3 rings (SSSR count). The molecule has 3 nitrogen and oxygen atoms in total. The van der Waals surface area contributed by atoms with Gasteiger partial charge in [0.2, 0.25) is 0 Å². The van der Waals surface area contributed by atoms with Gasteiger partial charge >= 0.3 is 0 Å².